The van der Waals surface area contributed by atoms with E-state index in [0.29, 0.717) is 35.8 Å². The van der Waals surface area contributed by atoms with Gasteiger partial charge in [0.05, 0.1) is 6.54 Å². The Bertz CT molecular complexity index is 1250. The minimum absolute atomic E-state index is 0.335. The van der Waals surface area contributed by atoms with Crippen LogP contribution in [0.5, 0.6) is 0 Å². The van der Waals surface area contributed by atoms with Gasteiger partial charge in [-0.3, -0.25) is 4.99 Å². The number of hydrogen-bond acceptors (Lipinski definition) is 10. The summed E-state index contributed by atoms with van der Waals surface area (Å²) in [6.45, 7) is 17.9. The minimum Gasteiger partial charge on any atom is -0.342 e. The van der Waals surface area contributed by atoms with Crippen molar-refractivity contribution >= 4 is 49.7 Å². The fraction of sp³-hybridized carbons (Fsp3) is 0.538. The van der Waals surface area contributed by atoms with E-state index in [4.69, 9.17) is 9.98 Å². The van der Waals surface area contributed by atoms with Crippen molar-refractivity contribution < 1.29 is 0 Å². The van der Waals surface area contributed by atoms with Crippen molar-refractivity contribution in [2.75, 3.05) is 9.80 Å². The van der Waals surface area contributed by atoms with Gasteiger partial charge in [0.1, 0.15) is 16.7 Å². The van der Waals surface area contributed by atoms with Crippen molar-refractivity contribution in [2.24, 2.45) is 9.98 Å². The molecule has 0 bridgehead atoms. The quantitative estimate of drug-likeness (QED) is 0.355. The average Bonchev–Trinajstić information content (AvgIpc) is 3.57. The Balaban J connectivity index is 1.56. The number of hydrogen-bond donors (Lipinski definition) is 1. The van der Waals surface area contributed by atoms with Crippen LogP contribution < -0.4 is 15.1 Å². The first kappa shape index (κ1) is 27.1. The Hall–Kier alpha value is -2.92. The molecule has 0 fully saturated rings. The maximum absolute atomic E-state index is 4.85. The maximum Gasteiger partial charge on any atom is 0.235 e. The molecule has 0 amide bonds. The van der Waals surface area contributed by atoms with Gasteiger partial charge in [0, 0.05) is 35.3 Å². The normalized spacial score (nSPS) is 16.2. The van der Waals surface area contributed by atoms with Crippen molar-refractivity contribution in [1.82, 2.24) is 25.7 Å². The molecule has 1 aliphatic heterocycles. The lowest BCUT2D eigenvalue weighted by atomic mass is 10.1. The summed E-state index contributed by atoms with van der Waals surface area (Å²) >= 11 is 3.11. The van der Waals surface area contributed by atoms with Gasteiger partial charge in [-0.2, -0.15) is 4.99 Å². The third-order valence-electron chi connectivity index (χ3n) is 6.29. The van der Waals surface area contributed by atoms with Gasteiger partial charge in [0.15, 0.2) is 0 Å². The van der Waals surface area contributed by atoms with Crippen molar-refractivity contribution in [3.63, 3.8) is 0 Å². The molecule has 3 heterocycles. The molecule has 0 radical (unpaired) electrons. The smallest absolute Gasteiger partial charge is 0.235 e. The van der Waals surface area contributed by atoms with Crippen LogP contribution >= 0.6 is 22.7 Å². The third-order valence-corrected chi connectivity index (χ3v) is 8.04. The molecule has 1 aliphatic rings. The highest BCUT2D eigenvalue weighted by molar-refractivity contribution is 7.18. The van der Waals surface area contributed by atoms with Crippen LogP contribution in [-0.4, -0.2) is 56.2 Å². The second kappa shape index (κ2) is 11.6. The van der Waals surface area contributed by atoms with E-state index in [0.717, 1.165) is 44.5 Å². The molecular formula is C26H37N9S2. The van der Waals surface area contributed by atoms with Gasteiger partial charge in [-0.15, -0.1) is 20.4 Å². The van der Waals surface area contributed by atoms with E-state index in [1.807, 2.05) is 12.1 Å². The summed E-state index contributed by atoms with van der Waals surface area (Å²) < 4.78 is 0. The van der Waals surface area contributed by atoms with E-state index < -0.39 is 0 Å². The second-order valence-electron chi connectivity index (χ2n) is 9.99. The first-order valence-electron chi connectivity index (χ1n) is 12.9. The Kier molecular flexibility index (Phi) is 8.53. The lowest BCUT2D eigenvalue weighted by molar-refractivity contribution is 0.558. The molecule has 0 spiro atoms. The summed E-state index contributed by atoms with van der Waals surface area (Å²) in [6, 6.07) is 9.56. The van der Waals surface area contributed by atoms with Crippen LogP contribution in [0.4, 0.5) is 15.4 Å². The van der Waals surface area contributed by atoms with Crippen LogP contribution in [0.15, 0.2) is 34.3 Å². The largest absolute Gasteiger partial charge is 0.342 e. The highest BCUT2D eigenvalue weighted by Gasteiger charge is 2.25. The number of amidine groups is 2. The zero-order valence-corrected chi connectivity index (χ0v) is 24.6. The predicted octanol–water partition coefficient (Wildman–Crippen LogP) is 5.65. The van der Waals surface area contributed by atoms with Crippen molar-refractivity contribution in [3.05, 3.63) is 40.4 Å². The Morgan fingerprint density at radius 1 is 0.784 bits per heavy atom. The van der Waals surface area contributed by atoms with Crippen LogP contribution in [0.1, 0.15) is 77.9 Å². The number of aliphatic imine (C=N–C) groups is 2. The Morgan fingerprint density at radius 3 is 2.00 bits per heavy atom. The summed E-state index contributed by atoms with van der Waals surface area (Å²) in [5, 5.41) is 24.4. The molecule has 11 heteroatoms. The maximum atomic E-state index is 4.85. The van der Waals surface area contributed by atoms with E-state index in [1.54, 1.807) is 11.3 Å². The molecule has 3 aromatic rings. The van der Waals surface area contributed by atoms with E-state index in [9.17, 15) is 0 Å². The van der Waals surface area contributed by atoms with Gasteiger partial charge >= 0.3 is 0 Å². The number of nitrogens with zero attached hydrogens (tertiary/aromatic N) is 8. The summed E-state index contributed by atoms with van der Waals surface area (Å²) in [7, 11) is 0. The highest BCUT2D eigenvalue weighted by atomic mass is 32.1. The van der Waals surface area contributed by atoms with E-state index in [2.05, 4.69) is 103 Å². The highest BCUT2D eigenvalue weighted by Crippen LogP contribution is 2.31. The van der Waals surface area contributed by atoms with Crippen LogP contribution in [0.2, 0.25) is 0 Å². The standard InChI is InChI=1S/C26H37N9S2/c1-9-18(8)35(17(6)7)26-33-31-24(37-26)29-23-20-13-11-10-12-19(20)22(28-23)27-14-21-30-32-25(36-21)34(15(2)3)16(4)5/h10-13,15-18H,9,14H2,1-8H3,(H,27,28,29,31). The van der Waals surface area contributed by atoms with Gasteiger partial charge in [0.25, 0.3) is 0 Å². The molecule has 37 heavy (non-hydrogen) atoms. The fourth-order valence-corrected chi connectivity index (χ4v) is 6.51. The molecule has 9 nitrogen and oxygen atoms in total. The molecule has 1 aromatic carbocycles. The minimum atomic E-state index is 0.335. The topological polar surface area (TPSA) is 94.8 Å². The average molecular weight is 540 g/mol. The Morgan fingerprint density at radius 2 is 1.38 bits per heavy atom. The Labute approximate surface area is 227 Å². The van der Waals surface area contributed by atoms with Gasteiger partial charge in [0.2, 0.25) is 15.4 Å². The first-order chi connectivity index (χ1) is 17.7. The van der Waals surface area contributed by atoms with Gasteiger partial charge in [-0.25, -0.2) is 0 Å². The van der Waals surface area contributed by atoms with Crippen molar-refractivity contribution in [2.45, 2.75) is 92.5 Å². The molecule has 1 atom stereocenters. The third kappa shape index (κ3) is 5.98. The molecule has 198 valence electrons. The summed E-state index contributed by atoms with van der Waals surface area (Å²) in [5.41, 5.74) is 2.02. The van der Waals surface area contributed by atoms with Crippen LogP contribution in [0, 0.1) is 0 Å². The summed E-state index contributed by atoms with van der Waals surface area (Å²) in [4.78, 5) is 14.3. The molecular weight excluding hydrogens is 502 g/mol. The number of nitrogens with one attached hydrogen (secondary N) is 1. The molecule has 0 saturated carbocycles. The number of anilines is 2. The van der Waals surface area contributed by atoms with E-state index in [-0.39, 0.29) is 0 Å². The van der Waals surface area contributed by atoms with Crippen molar-refractivity contribution in [1.29, 1.82) is 0 Å². The molecule has 1 unspecified atom stereocenters. The molecule has 1 N–H and O–H groups in total. The first-order valence-corrected chi connectivity index (χ1v) is 14.5. The van der Waals surface area contributed by atoms with Gasteiger partial charge in [-0.1, -0.05) is 53.9 Å². The van der Waals surface area contributed by atoms with Crippen LogP contribution in [-0.2, 0) is 6.54 Å². The van der Waals surface area contributed by atoms with E-state index in [1.165, 1.54) is 11.3 Å². The lowest BCUT2D eigenvalue weighted by Crippen LogP contribution is -2.38. The van der Waals surface area contributed by atoms with Crippen molar-refractivity contribution in [3.8, 4) is 0 Å². The van der Waals surface area contributed by atoms with Gasteiger partial charge < -0.3 is 15.1 Å². The fourth-order valence-electron chi connectivity index (χ4n) is 4.52. The number of fused-ring (bicyclic) bond motifs is 1. The molecule has 4 rings (SSSR count). The summed E-state index contributed by atoms with van der Waals surface area (Å²) in [6.07, 6.45) is 1.04. The zero-order valence-electron chi connectivity index (χ0n) is 22.9. The second-order valence-corrected chi connectivity index (χ2v) is 12.0. The number of rotatable bonds is 10. The lowest BCUT2D eigenvalue weighted by Gasteiger charge is -2.31. The zero-order chi connectivity index (χ0) is 26.7. The SMILES string of the molecule is CCC(C)N(c1nnc(/N=C2\NC(=NCc3nnc(N(C(C)C)C(C)C)s3)c3ccccc32)s1)C(C)C. The number of aromatic nitrogens is 4. The predicted molar refractivity (Wildman–Crippen MR) is 156 cm³/mol. The number of benzene rings is 1. The molecule has 0 aliphatic carbocycles. The summed E-state index contributed by atoms with van der Waals surface area (Å²) in [5.74, 6) is 1.52. The monoisotopic (exact) mass is 539 g/mol. The van der Waals surface area contributed by atoms with E-state index >= 15 is 0 Å². The molecule has 0 saturated heterocycles. The van der Waals surface area contributed by atoms with Gasteiger partial charge in [-0.05, 0) is 54.9 Å². The molecule has 2 aromatic heterocycles. The van der Waals surface area contributed by atoms with Crippen LogP contribution in [0.25, 0.3) is 0 Å². The van der Waals surface area contributed by atoms with Crippen LogP contribution in [0.3, 0.4) is 0 Å².